The highest BCUT2D eigenvalue weighted by atomic mass is 79.9. The molecule has 2 nitrogen and oxygen atoms in total. The van der Waals surface area contributed by atoms with Crippen LogP contribution < -0.4 is 4.74 Å². The Labute approximate surface area is 127 Å². The van der Waals surface area contributed by atoms with Crippen molar-refractivity contribution in [1.82, 2.24) is 0 Å². The Bertz CT molecular complexity index is 606. The van der Waals surface area contributed by atoms with Crippen molar-refractivity contribution >= 4 is 22.2 Å². The number of carbonyl (C=O) groups is 1. The molecule has 0 radical (unpaired) electrons. The Morgan fingerprint density at radius 2 is 1.90 bits per heavy atom. The van der Waals surface area contributed by atoms with Gasteiger partial charge in [0, 0.05) is 15.6 Å². The number of benzene rings is 2. The molecule has 0 saturated heterocycles. The zero-order valence-corrected chi connectivity index (χ0v) is 12.6. The minimum absolute atomic E-state index is 0.477. The van der Waals surface area contributed by atoms with Crippen LogP contribution in [0, 0.1) is 0 Å². The van der Waals surface area contributed by atoms with E-state index < -0.39 is 0 Å². The molecular formula is C17H15BrO2. The highest BCUT2D eigenvalue weighted by Gasteiger charge is 2.11. The first-order valence-corrected chi connectivity index (χ1v) is 7.09. The third-order valence-corrected chi connectivity index (χ3v) is 3.66. The van der Waals surface area contributed by atoms with Gasteiger partial charge in [0.2, 0.25) is 0 Å². The molecule has 0 spiro atoms. The van der Waals surface area contributed by atoms with Gasteiger partial charge in [0.25, 0.3) is 0 Å². The molecule has 2 aromatic carbocycles. The largest absolute Gasteiger partial charge is 0.489 e. The van der Waals surface area contributed by atoms with Crippen LogP contribution in [0.25, 0.3) is 0 Å². The number of carbonyl (C=O) groups excluding carboxylic acids is 1. The lowest BCUT2D eigenvalue weighted by atomic mass is 10.0. The summed E-state index contributed by atoms with van der Waals surface area (Å²) in [5, 5.41) is 0. The van der Waals surface area contributed by atoms with Crippen molar-refractivity contribution in [2.24, 2.45) is 0 Å². The molecule has 0 atom stereocenters. The van der Waals surface area contributed by atoms with Crippen LogP contribution in [0.3, 0.4) is 0 Å². The van der Waals surface area contributed by atoms with Gasteiger partial charge in [-0.1, -0.05) is 52.3 Å². The Morgan fingerprint density at radius 3 is 2.55 bits per heavy atom. The molecule has 3 heteroatoms. The molecule has 0 amide bonds. The molecule has 0 N–H and O–H groups in total. The second kappa shape index (κ2) is 7.06. The summed E-state index contributed by atoms with van der Waals surface area (Å²) in [5.74, 6) is 0.721. The van der Waals surface area contributed by atoms with Crippen LogP contribution in [0.2, 0.25) is 0 Å². The first-order valence-electron chi connectivity index (χ1n) is 6.30. The summed E-state index contributed by atoms with van der Waals surface area (Å²) < 4.78 is 6.62. The first-order chi connectivity index (χ1) is 9.76. The van der Waals surface area contributed by atoms with E-state index in [0.29, 0.717) is 18.6 Å². The maximum absolute atomic E-state index is 11.2. The second-order valence-corrected chi connectivity index (χ2v) is 5.18. The Balaban J connectivity index is 2.26. The van der Waals surface area contributed by atoms with E-state index in [2.05, 4.69) is 22.5 Å². The number of hydrogen-bond acceptors (Lipinski definition) is 2. The molecule has 0 saturated carbocycles. The average Bonchev–Trinajstić information content (AvgIpc) is 2.48. The van der Waals surface area contributed by atoms with Gasteiger partial charge < -0.3 is 4.74 Å². The van der Waals surface area contributed by atoms with Crippen molar-refractivity contribution in [1.29, 1.82) is 0 Å². The van der Waals surface area contributed by atoms with E-state index in [1.165, 1.54) is 0 Å². The van der Waals surface area contributed by atoms with Crippen molar-refractivity contribution < 1.29 is 9.53 Å². The van der Waals surface area contributed by atoms with Gasteiger partial charge in [-0.05, 0) is 24.1 Å². The summed E-state index contributed by atoms with van der Waals surface area (Å²) >= 11 is 3.39. The zero-order chi connectivity index (χ0) is 14.4. The Hall–Kier alpha value is -1.87. The highest BCUT2D eigenvalue weighted by Crippen LogP contribution is 2.29. The van der Waals surface area contributed by atoms with E-state index in [1.54, 1.807) is 6.08 Å². The molecule has 0 aliphatic heterocycles. The molecule has 0 aliphatic carbocycles. The van der Waals surface area contributed by atoms with Gasteiger partial charge in [-0.15, -0.1) is 6.58 Å². The van der Waals surface area contributed by atoms with Crippen LogP contribution >= 0.6 is 15.9 Å². The number of aldehydes is 1. The fourth-order valence-corrected chi connectivity index (χ4v) is 2.43. The zero-order valence-electron chi connectivity index (χ0n) is 11.0. The van der Waals surface area contributed by atoms with Crippen molar-refractivity contribution in [3.05, 3.63) is 76.3 Å². The molecule has 0 heterocycles. The van der Waals surface area contributed by atoms with E-state index in [9.17, 15) is 4.79 Å². The smallest absolute Gasteiger partial charge is 0.151 e. The predicted molar refractivity (Wildman–Crippen MR) is 84.2 cm³/mol. The monoisotopic (exact) mass is 330 g/mol. The quantitative estimate of drug-likeness (QED) is 0.572. The van der Waals surface area contributed by atoms with Crippen molar-refractivity contribution in [3.8, 4) is 5.75 Å². The van der Waals surface area contributed by atoms with Gasteiger partial charge in [0.1, 0.15) is 12.4 Å². The van der Waals surface area contributed by atoms with Crippen molar-refractivity contribution in [2.75, 3.05) is 0 Å². The normalized spacial score (nSPS) is 10.1. The third kappa shape index (κ3) is 3.36. The summed E-state index contributed by atoms with van der Waals surface area (Å²) in [6.07, 6.45) is 3.21. The fourth-order valence-electron chi connectivity index (χ4n) is 1.97. The SMILES string of the molecule is C=CCc1c(OCc2ccccc2)ccc(Br)c1C=O. The van der Waals surface area contributed by atoms with Gasteiger partial charge in [-0.25, -0.2) is 0 Å². The molecule has 0 bridgehead atoms. The van der Waals surface area contributed by atoms with Crippen LogP contribution in [-0.2, 0) is 13.0 Å². The number of ether oxygens (including phenoxy) is 1. The second-order valence-electron chi connectivity index (χ2n) is 4.32. The standard InChI is InChI=1S/C17H15BrO2/c1-2-6-14-15(11-19)16(18)9-10-17(14)20-12-13-7-4-3-5-8-13/h2-5,7-11H,1,6,12H2. The van der Waals surface area contributed by atoms with Crippen molar-refractivity contribution in [2.45, 2.75) is 13.0 Å². The van der Waals surface area contributed by atoms with E-state index in [4.69, 9.17) is 4.74 Å². The van der Waals surface area contributed by atoms with E-state index in [0.717, 1.165) is 27.6 Å². The lowest BCUT2D eigenvalue weighted by Crippen LogP contribution is -2.01. The van der Waals surface area contributed by atoms with E-state index in [-0.39, 0.29) is 0 Å². The molecular weight excluding hydrogens is 316 g/mol. The van der Waals surface area contributed by atoms with Gasteiger partial charge in [-0.2, -0.15) is 0 Å². The first kappa shape index (κ1) is 14.5. The van der Waals surface area contributed by atoms with Crippen LogP contribution in [0.15, 0.2) is 59.6 Å². The minimum Gasteiger partial charge on any atom is -0.489 e. The average molecular weight is 331 g/mol. The number of allylic oxidation sites excluding steroid dienone is 1. The molecule has 0 unspecified atom stereocenters. The van der Waals surface area contributed by atoms with Gasteiger partial charge in [-0.3, -0.25) is 4.79 Å². The van der Waals surface area contributed by atoms with E-state index >= 15 is 0 Å². The summed E-state index contributed by atoms with van der Waals surface area (Å²) in [5.41, 5.74) is 2.57. The highest BCUT2D eigenvalue weighted by molar-refractivity contribution is 9.10. The molecule has 0 aliphatic rings. The van der Waals surface area contributed by atoms with Crippen LogP contribution in [0.5, 0.6) is 5.75 Å². The maximum Gasteiger partial charge on any atom is 0.151 e. The number of hydrogen-bond donors (Lipinski definition) is 0. The minimum atomic E-state index is 0.477. The summed E-state index contributed by atoms with van der Waals surface area (Å²) in [6.45, 7) is 4.21. The van der Waals surface area contributed by atoms with E-state index in [1.807, 2.05) is 42.5 Å². The molecule has 2 aromatic rings. The van der Waals surface area contributed by atoms with Gasteiger partial charge in [0.15, 0.2) is 6.29 Å². The molecule has 0 aromatic heterocycles. The Morgan fingerprint density at radius 1 is 1.15 bits per heavy atom. The lowest BCUT2D eigenvalue weighted by molar-refractivity contribution is 0.112. The molecule has 20 heavy (non-hydrogen) atoms. The number of halogens is 1. The third-order valence-electron chi connectivity index (χ3n) is 2.96. The molecule has 102 valence electrons. The Kier molecular flexibility index (Phi) is 5.13. The fraction of sp³-hybridized carbons (Fsp3) is 0.118. The van der Waals surface area contributed by atoms with Gasteiger partial charge >= 0.3 is 0 Å². The van der Waals surface area contributed by atoms with Crippen LogP contribution in [0.4, 0.5) is 0 Å². The predicted octanol–water partition coefficient (Wildman–Crippen LogP) is 4.57. The molecule has 0 fully saturated rings. The van der Waals surface area contributed by atoms with Crippen LogP contribution in [0.1, 0.15) is 21.5 Å². The summed E-state index contributed by atoms with van der Waals surface area (Å²) in [4.78, 5) is 11.2. The number of rotatable bonds is 6. The maximum atomic E-state index is 11.2. The summed E-state index contributed by atoms with van der Waals surface area (Å²) in [6, 6.07) is 13.6. The van der Waals surface area contributed by atoms with Crippen LogP contribution in [-0.4, -0.2) is 6.29 Å². The lowest BCUT2D eigenvalue weighted by Gasteiger charge is -2.13. The van der Waals surface area contributed by atoms with Gasteiger partial charge in [0.05, 0.1) is 0 Å². The topological polar surface area (TPSA) is 26.3 Å². The van der Waals surface area contributed by atoms with Crippen molar-refractivity contribution in [3.63, 3.8) is 0 Å². The molecule has 2 rings (SSSR count). The summed E-state index contributed by atoms with van der Waals surface area (Å²) in [7, 11) is 0.